The number of benzene rings is 2. The number of piperidine rings is 1. The number of rotatable bonds is 4. The lowest BCUT2D eigenvalue weighted by molar-refractivity contribution is 0.0713. The van der Waals surface area contributed by atoms with E-state index in [1.165, 1.54) is 16.3 Å². The largest absolute Gasteiger partial charge is 0.339 e. The van der Waals surface area contributed by atoms with Gasteiger partial charge < -0.3 is 10.6 Å². The molecular formula is C21H28N2OSi. The SMILES string of the molecule is C[SiH](C)c1ccc(C(=O)N2CCC(c3cccc(CN)c3)CC2)cc1. The van der Waals surface area contributed by atoms with Crippen LogP contribution in [-0.4, -0.2) is 32.7 Å². The molecule has 1 amide bonds. The monoisotopic (exact) mass is 352 g/mol. The van der Waals surface area contributed by atoms with Crippen LogP contribution in [-0.2, 0) is 6.54 Å². The molecular weight excluding hydrogens is 324 g/mol. The first-order valence-electron chi connectivity index (χ1n) is 9.26. The molecule has 2 aromatic carbocycles. The molecule has 0 aliphatic carbocycles. The number of likely N-dealkylation sites (tertiary alicyclic amines) is 1. The van der Waals surface area contributed by atoms with Gasteiger partial charge in [0.1, 0.15) is 0 Å². The minimum Gasteiger partial charge on any atom is -0.339 e. The number of carbonyl (C=O) groups is 1. The highest BCUT2D eigenvalue weighted by atomic mass is 28.3. The highest BCUT2D eigenvalue weighted by Crippen LogP contribution is 2.29. The van der Waals surface area contributed by atoms with Gasteiger partial charge in [-0.2, -0.15) is 0 Å². The fourth-order valence-electron chi connectivity index (χ4n) is 3.58. The summed E-state index contributed by atoms with van der Waals surface area (Å²) in [5.74, 6) is 0.705. The lowest BCUT2D eigenvalue weighted by atomic mass is 9.88. The van der Waals surface area contributed by atoms with Crippen molar-refractivity contribution in [3.8, 4) is 0 Å². The fraction of sp³-hybridized carbons (Fsp3) is 0.381. The van der Waals surface area contributed by atoms with Gasteiger partial charge in [-0.3, -0.25) is 4.79 Å². The minimum atomic E-state index is -0.799. The summed E-state index contributed by atoms with van der Waals surface area (Å²) in [5, 5.41) is 1.41. The zero-order valence-electron chi connectivity index (χ0n) is 15.2. The van der Waals surface area contributed by atoms with Gasteiger partial charge >= 0.3 is 0 Å². The minimum absolute atomic E-state index is 0.172. The smallest absolute Gasteiger partial charge is 0.253 e. The third-order valence-electron chi connectivity index (χ3n) is 5.26. The van der Waals surface area contributed by atoms with Crippen LogP contribution in [0.25, 0.3) is 0 Å². The van der Waals surface area contributed by atoms with Crippen LogP contribution in [0.15, 0.2) is 48.5 Å². The maximum atomic E-state index is 12.7. The van der Waals surface area contributed by atoms with Gasteiger partial charge in [0.2, 0.25) is 0 Å². The summed E-state index contributed by atoms with van der Waals surface area (Å²) in [6.07, 6.45) is 2.05. The van der Waals surface area contributed by atoms with Crippen LogP contribution >= 0.6 is 0 Å². The van der Waals surface area contributed by atoms with Crippen LogP contribution in [0.1, 0.15) is 40.2 Å². The lowest BCUT2D eigenvalue weighted by Crippen LogP contribution is -2.38. The third-order valence-corrected chi connectivity index (χ3v) is 6.98. The fourth-order valence-corrected chi connectivity index (χ4v) is 4.55. The molecule has 25 heavy (non-hydrogen) atoms. The van der Waals surface area contributed by atoms with Gasteiger partial charge in [-0.15, -0.1) is 0 Å². The van der Waals surface area contributed by atoms with Gasteiger partial charge in [0.05, 0.1) is 8.80 Å². The highest BCUT2D eigenvalue weighted by Gasteiger charge is 2.24. The van der Waals surface area contributed by atoms with Crippen molar-refractivity contribution in [1.29, 1.82) is 0 Å². The first-order valence-corrected chi connectivity index (χ1v) is 12.2. The summed E-state index contributed by atoms with van der Waals surface area (Å²) in [5.41, 5.74) is 9.12. The Hall–Kier alpha value is -1.91. The molecule has 1 aliphatic rings. The number of amides is 1. The van der Waals surface area contributed by atoms with E-state index in [-0.39, 0.29) is 5.91 Å². The first-order chi connectivity index (χ1) is 12.1. The van der Waals surface area contributed by atoms with E-state index in [2.05, 4.69) is 49.5 Å². The van der Waals surface area contributed by atoms with Crippen molar-refractivity contribution >= 4 is 19.9 Å². The van der Waals surface area contributed by atoms with Crippen molar-refractivity contribution in [2.75, 3.05) is 13.1 Å². The van der Waals surface area contributed by atoms with Crippen molar-refractivity contribution in [3.05, 3.63) is 65.2 Å². The van der Waals surface area contributed by atoms with Gasteiger partial charge in [0.15, 0.2) is 0 Å². The molecule has 3 rings (SSSR count). The molecule has 2 aromatic rings. The Bertz CT molecular complexity index is 719. The zero-order valence-corrected chi connectivity index (χ0v) is 16.4. The average Bonchev–Trinajstić information content (AvgIpc) is 2.67. The Morgan fingerprint density at radius 2 is 1.80 bits per heavy atom. The second-order valence-corrected chi connectivity index (χ2v) is 10.3. The first kappa shape index (κ1) is 17.9. The van der Waals surface area contributed by atoms with Crippen molar-refractivity contribution in [3.63, 3.8) is 0 Å². The predicted octanol–water partition coefficient (Wildman–Crippen LogP) is 2.86. The molecule has 0 radical (unpaired) electrons. The van der Waals surface area contributed by atoms with E-state index >= 15 is 0 Å². The third kappa shape index (κ3) is 4.20. The van der Waals surface area contributed by atoms with Gasteiger partial charge in [0.25, 0.3) is 5.91 Å². The Labute approximate surface area is 152 Å². The second-order valence-electron chi connectivity index (χ2n) is 7.29. The quantitative estimate of drug-likeness (QED) is 0.860. The predicted molar refractivity (Wildman–Crippen MR) is 107 cm³/mol. The Balaban J connectivity index is 1.62. The Morgan fingerprint density at radius 3 is 2.40 bits per heavy atom. The van der Waals surface area contributed by atoms with Crippen LogP contribution in [0, 0.1) is 0 Å². The van der Waals surface area contributed by atoms with E-state index < -0.39 is 8.80 Å². The van der Waals surface area contributed by atoms with Gasteiger partial charge in [-0.25, -0.2) is 0 Å². The maximum absolute atomic E-state index is 12.7. The van der Waals surface area contributed by atoms with Crippen LogP contribution in [0.3, 0.4) is 0 Å². The molecule has 0 aromatic heterocycles. The summed E-state index contributed by atoms with van der Waals surface area (Å²) in [6.45, 7) is 6.86. The summed E-state index contributed by atoms with van der Waals surface area (Å²) in [4.78, 5) is 14.8. The van der Waals surface area contributed by atoms with Crippen LogP contribution < -0.4 is 10.9 Å². The number of nitrogens with zero attached hydrogens (tertiary/aromatic N) is 1. The number of hydrogen-bond acceptors (Lipinski definition) is 2. The molecule has 0 saturated carbocycles. The van der Waals surface area contributed by atoms with E-state index in [4.69, 9.17) is 5.73 Å². The average molecular weight is 353 g/mol. The molecule has 0 bridgehead atoms. The topological polar surface area (TPSA) is 46.3 Å². The van der Waals surface area contributed by atoms with Crippen molar-refractivity contribution in [2.45, 2.75) is 38.4 Å². The molecule has 132 valence electrons. The van der Waals surface area contributed by atoms with E-state index in [9.17, 15) is 4.79 Å². The second kappa shape index (κ2) is 7.98. The summed E-state index contributed by atoms with van der Waals surface area (Å²) >= 11 is 0. The molecule has 1 heterocycles. The summed E-state index contributed by atoms with van der Waals surface area (Å²) < 4.78 is 0. The Kier molecular flexibility index (Phi) is 5.71. The van der Waals surface area contributed by atoms with Crippen LogP contribution in [0.4, 0.5) is 0 Å². The lowest BCUT2D eigenvalue weighted by Gasteiger charge is -2.32. The molecule has 1 aliphatic heterocycles. The molecule has 1 fully saturated rings. The molecule has 3 nitrogen and oxygen atoms in total. The normalized spacial score (nSPS) is 15.6. The van der Waals surface area contributed by atoms with Crippen molar-refractivity contribution < 1.29 is 4.79 Å². The zero-order chi connectivity index (χ0) is 17.8. The highest BCUT2D eigenvalue weighted by molar-refractivity contribution is 6.70. The van der Waals surface area contributed by atoms with Gasteiger partial charge in [0, 0.05) is 25.2 Å². The number of carbonyl (C=O) groups excluding carboxylic acids is 1. The van der Waals surface area contributed by atoms with E-state index in [0.717, 1.165) is 31.5 Å². The molecule has 4 heteroatoms. The maximum Gasteiger partial charge on any atom is 0.253 e. The van der Waals surface area contributed by atoms with Crippen molar-refractivity contribution in [1.82, 2.24) is 4.90 Å². The molecule has 0 atom stereocenters. The standard InChI is InChI=1S/C21H28N2OSi/c1-25(2)20-8-6-18(7-9-20)21(24)23-12-10-17(11-13-23)19-5-3-4-16(14-19)15-22/h3-9,14,17,25H,10-13,15,22H2,1-2H3. The Morgan fingerprint density at radius 1 is 1.12 bits per heavy atom. The molecule has 0 spiro atoms. The van der Waals surface area contributed by atoms with E-state index in [1.807, 2.05) is 17.0 Å². The summed E-state index contributed by atoms with van der Waals surface area (Å²) in [6, 6.07) is 16.8. The van der Waals surface area contributed by atoms with Crippen LogP contribution in [0.5, 0.6) is 0 Å². The molecule has 2 N–H and O–H groups in total. The number of nitrogens with two attached hydrogens (primary N) is 1. The van der Waals surface area contributed by atoms with E-state index in [1.54, 1.807) is 0 Å². The van der Waals surface area contributed by atoms with Crippen molar-refractivity contribution in [2.24, 2.45) is 5.73 Å². The van der Waals surface area contributed by atoms with Gasteiger partial charge in [-0.1, -0.05) is 54.7 Å². The number of hydrogen-bond donors (Lipinski definition) is 1. The molecule has 1 saturated heterocycles. The van der Waals surface area contributed by atoms with Crippen LogP contribution in [0.2, 0.25) is 13.1 Å². The van der Waals surface area contributed by atoms with Gasteiger partial charge in [-0.05, 0) is 42.0 Å². The summed E-state index contributed by atoms with van der Waals surface area (Å²) in [7, 11) is -0.799. The molecule has 0 unspecified atom stereocenters. The van der Waals surface area contributed by atoms with E-state index in [0.29, 0.717) is 12.5 Å².